The molecule has 1 heterocycles. The first kappa shape index (κ1) is 13.4. The van der Waals surface area contributed by atoms with E-state index in [-0.39, 0.29) is 11.4 Å². The Morgan fingerprint density at radius 3 is 2.65 bits per heavy atom. The predicted molar refractivity (Wildman–Crippen MR) is 64.7 cm³/mol. The molecule has 94 valence electrons. The van der Waals surface area contributed by atoms with Crippen molar-refractivity contribution in [2.24, 2.45) is 0 Å². The van der Waals surface area contributed by atoms with E-state index in [2.05, 4.69) is 4.98 Å². The number of hydrogen-bond acceptors (Lipinski definition) is 4. The first-order valence-corrected chi connectivity index (χ1v) is 5.41. The number of aromatic carboxylic acids is 1. The number of ether oxygens (including phenoxy) is 1. The molecule has 1 N–H and O–H groups in total. The number of carboxylic acids is 1. The van der Waals surface area contributed by atoms with Crippen molar-refractivity contribution in [2.45, 2.75) is 13.8 Å². The Morgan fingerprint density at radius 1 is 1.47 bits per heavy atom. The van der Waals surface area contributed by atoms with E-state index in [1.54, 1.807) is 13.0 Å². The van der Waals surface area contributed by atoms with Gasteiger partial charge in [0.25, 0.3) is 0 Å². The van der Waals surface area contributed by atoms with Crippen molar-refractivity contribution in [2.75, 3.05) is 27.2 Å². The zero-order valence-electron chi connectivity index (χ0n) is 10.6. The first-order valence-electron chi connectivity index (χ1n) is 5.41. The summed E-state index contributed by atoms with van der Waals surface area (Å²) >= 11 is 0. The average Bonchev–Trinajstić information content (AvgIpc) is 2.14. The van der Waals surface area contributed by atoms with E-state index in [1.807, 2.05) is 25.9 Å². The molecule has 0 aliphatic rings. The number of carbonyl (C=O) groups is 1. The number of aromatic nitrogens is 1. The maximum Gasteiger partial charge on any atom is 0.341 e. The molecule has 17 heavy (non-hydrogen) atoms. The van der Waals surface area contributed by atoms with Crippen LogP contribution in [-0.2, 0) is 0 Å². The van der Waals surface area contributed by atoms with Gasteiger partial charge in [-0.25, -0.2) is 9.78 Å². The quantitative estimate of drug-likeness (QED) is 0.838. The molecule has 0 aliphatic carbocycles. The molecule has 0 bridgehead atoms. The number of pyridine rings is 1. The summed E-state index contributed by atoms with van der Waals surface area (Å²) in [5.74, 6) is -0.799. The molecule has 0 amide bonds. The van der Waals surface area contributed by atoms with Crippen LogP contribution in [0.2, 0.25) is 0 Å². The van der Waals surface area contributed by atoms with Gasteiger partial charge in [0.15, 0.2) is 0 Å². The second kappa shape index (κ2) is 5.63. The van der Waals surface area contributed by atoms with E-state index < -0.39 is 5.97 Å². The lowest BCUT2D eigenvalue weighted by Gasteiger charge is -2.13. The minimum atomic E-state index is -1.00. The monoisotopic (exact) mass is 238 g/mol. The molecule has 1 aromatic rings. The molecule has 0 aromatic carbocycles. The topological polar surface area (TPSA) is 62.7 Å². The Bertz CT molecular complexity index is 416. The van der Waals surface area contributed by atoms with Crippen LogP contribution in [-0.4, -0.2) is 48.2 Å². The van der Waals surface area contributed by atoms with Crippen molar-refractivity contribution in [3.63, 3.8) is 0 Å². The van der Waals surface area contributed by atoms with Crippen LogP contribution >= 0.6 is 0 Å². The summed E-state index contributed by atoms with van der Waals surface area (Å²) in [7, 11) is 3.85. The van der Waals surface area contributed by atoms with E-state index in [9.17, 15) is 4.79 Å². The van der Waals surface area contributed by atoms with Crippen LogP contribution in [0.1, 0.15) is 21.6 Å². The highest BCUT2D eigenvalue weighted by Gasteiger charge is 2.16. The first-order chi connectivity index (χ1) is 7.91. The molecule has 0 unspecified atom stereocenters. The van der Waals surface area contributed by atoms with E-state index in [4.69, 9.17) is 9.84 Å². The molecule has 5 nitrogen and oxygen atoms in total. The van der Waals surface area contributed by atoms with Gasteiger partial charge >= 0.3 is 5.97 Å². The second-order valence-corrected chi connectivity index (χ2v) is 4.22. The zero-order chi connectivity index (χ0) is 13.0. The summed E-state index contributed by atoms with van der Waals surface area (Å²) in [6.45, 7) is 4.70. The Kier molecular flexibility index (Phi) is 4.45. The van der Waals surface area contributed by atoms with Crippen LogP contribution in [0.25, 0.3) is 0 Å². The van der Waals surface area contributed by atoms with Gasteiger partial charge in [-0.3, -0.25) is 0 Å². The Hall–Kier alpha value is -1.62. The zero-order valence-corrected chi connectivity index (χ0v) is 10.6. The van der Waals surface area contributed by atoms with Crippen LogP contribution in [0.4, 0.5) is 0 Å². The number of carboxylic acid groups (broad SMARTS) is 1. The van der Waals surface area contributed by atoms with Gasteiger partial charge in [0.2, 0.25) is 5.88 Å². The number of likely N-dealkylation sites (N-methyl/N-ethyl adjacent to an activating group) is 1. The molecule has 0 spiro atoms. The highest BCUT2D eigenvalue weighted by Crippen LogP contribution is 2.20. The van der Waals surface area contributed by atoms with Gasteiger partial charge in [0.05, 0.1) is 0 Å². The van der Waals surface area contributed by atoms with Crippen LogP contribution < -0.4 is 4.74 Å². The van der Waals surface area contributed by atoms with Crippen LogP contribution in [0.5, 0.6) is 5.88 Å². The number of nitrogens with zero attached hydrogens (tertiary/aromatic N) is 2. The molecule has 5 heteroatoms. The van der Waals surface area contributed by atoms with E-state index in [0.29, 0.717) is 18.7 Å². The molecular weight excluding hydrogens is 220 g/mol. The normalized spacial score (nSPS) is 10.6. The van der Waals surface area contributed by atoms with Crippen molar-refractivity contribution in [1.82, 2.24) is 9.88 Å². The molecule has 0 fully saturated rings. The van der Waals surface area contributed by atoms with Gasteiger partial charge in [-0.2, -0.15) is 0 Å². The maximum atomic E-state index is 11.1. The predicted octanol–water partition coefficient (Wildman–Crippen LogP) is 1.34. The second-order valence-electron chi connectivity index (χ2n) is 4.22. The lowest BCUT2D eigenvalue weighted by Crippen LogP contribution is -2.20. The molecule has 0 radical (unpaired) electrons. The molecule has 0 saturated heterocycles. The van der Waals surface area contributed by atoms with Crippen LogP contribution in [0.15, 0.2) is 6.07 Å². The molecular formula is C12H18N2O3. The standard InChI is InChI=1S/C12H18N2O3/c1-8-7-9(2)13-11(10(8)12(15)16)17-6-5-14(3)4/h7H,5-6H2,1-4H3,(H,15,16). The largest absolute Gasteiger partial charge is 0.477 e. The van der Waals surface area contributed by atoms with Gasteiger partial charge in [-0.15, -0.1) is 0 Å². The van der Waals surface area contributed by atoms with Crippen molar-refractivity contribution < 1.29 is 14.6 Å². The van der Waals surface area contributed by atoms with Crippen LogP contribution in [0.3, 0.4) is 0 Å². The molecule has 0 aliphatic heterocycles. The van der Waals surface area contributed by atoms with Crippen molar-refractivity contribution in [3.05, 3.63) is 22.9 Å². The lowest BCUT2D eigenvalue weighted by molar-refractivity contribution is 0.0690. The summed E-state index contributed by atoms with van der Waals surface area (Å²) in [5.41, 5.74) is 1.58. The third-order valence-electron chi connectivity index (χ3n) is 2.30. The average molecular weight is 238 g/mol. The third kappa shape index (κ3) is 3.71. The number of hydrogen-bond donors (Lipinski definition) is 1. The fourth-order valence-electron chi connectivity index (χ4n) is 1.49. The molecule has 1 rings (SSSR count). The van der Waals surface area contributed by atoms with Gasteiger partial charge in [-0.05, 0) is 39.6 Å². The third-order valence-corrected chi connectivity index (χ3v) is 2.30. The van der Waals surface area contributed by atoms with E-state index in [0.717, 1.165) is 5.69 Å². The van der Waals surface area contributed by atoms with Crippen LogP contribution in [0, 0.1) is 13.8 Å². The highest BCUT2D eigenvalue weighted by atomic mass is 16.5. The minimum Gasteiger partial charge on any atom is -0.477 e. The summed E-state index contributed by atoms with van der Waals surface area (Å²) in [5, 5.41) is 9.12. The molecule has 0 atom stereocenters. The fourth-order valence-corrected chi connectivity index (χ4v) is 1.49. The SMILES string of the molecule is Cc1cc(C)c(C(=O)O)c(OCCN(C)C)n1. The maximum absolute atomic E-state index is 11.1. The minimum absolute atomic E-state index is 0.148. The van der Waals surface area contributed by atoms with Gasteiger partial charge < -0.3 is 14.7 Å². The molecule has 0 saturated carbocycles. The van der Waals surface area contributed by atoms with Crippen molar-refractivity contribution >= 4 is 5.97 Å². The Balaban J connectivity index is 2.92. The van der Waals surface area contributed by atoms with E-state index in [1.165, 1.54) is 0 Å². The lowest BCUT2D eigenvalue weighted by atomic mass is 10.1. The van der Waals surface area contributed by atoms with Gasteiger partial charge in [-0.1, -0.05) is 0 Å². The van der Waals surface area contributed by atoms with Crippen molar-refractivity contribution in [3.8, 4) is 5.88 Å². The van der Waals surface area contributed by atoms with Crippen molar-refractivity contribution in [1.29, 1.82) is 0 Å². The Morgan fingerprint density at radius 2 is 2.12 bits per heavy atom. The fraction of sp³-hybridized carbons (Fsp3) is 0.500. The van der Waals surface area contributed by atoms with E-state index >= 15 is 0 Å². The summed E-state index contributed by atoms with van der Waals surface area (Å²) < 4.78 is 5.44. The molecule has 1 aromatic heterocycles. The highest BCUT2D eigenvalue weighted by molar-refractivity contribution is 5.91. The summed E-state index contributed by atoms with van der Waals surface area (Å²) in [6.07, 6.45) is 0. The smallest absolute Gasteiger partial charge is 0.341 e. The summed E-state index contributed by atoms with van der Waals surface area (Å²) in [6, 6.07) is 1.74. The number of rotatable bonds is 5. The number of aryl methyl sites for hydroxylation is 2. The summed E-state index contributed by atoms with van der Waals surface area (Å²) in [4.78, 5) is 17.2. The van der Waals surface area contributed by atoms with Gasteiger partial charge in [0.1, 0.15) is 12.2 Å². The Labute approximate surface area is 101 Å². The van der Waals surface area contributed by atoms with Gasteiger partial charge in [0, 0.05) is 12.2 Å².